The Labute approximate surface area is 268 Å². The number of nitrogens with one attached hydrogen (secondary N) is 2. The molecule has 3 N–H and O–H groups in total. The lowest BCUT2D eigenvalue weighted by molar-refractivity contribution is -0.137. The van der Waals surface area contributed by atoms with Crippen LogP contribution in [-0.4, -0.2) is 92.5 Å². The number of benzene rings is 2. The van der Waals surface area contributed by atoms with E-state index in [0.29, 0.717) is 19.4 Å². The average Bonchev–Trinajstić information content (AvgIpc) is 2.97. The molecule has 15 heteroatoms. The van der Waals surface area contributed by atoms with Gasteiger partial charge in [-0.2, -0.15) is 13.2 Å². The predicted molar refractivity (Wildman–Crippen MR) is 168 cm³/mol. The number of alkyl halides is 3. The number of amides is 3. The number of hydrogen-bond acceptors (Lipinski definition) is 7. The van der Waals surface area contributed by atoms with Gasteiger partial charge >= 0.3 is 12.2 Å². The van der Waals surface area contributed by atoms with Crippen molar-refractivity contribution in [1.82, 2.24) is 9.21 Å². The number of rotatable bonds is 7. The number of sulfonamides is 1. The molecular weight excluding hydrogens is 629 g/mol. The minimum Gasteiger partial charge on any atom is -0.490 e. The summed E-state index contributed by atoms with van der Waals surface area (Å²) in [5.74, 6) is -0.561. The fourth-order valence-electron chi connectivity index (χ4n) is 4.89. The van der Waals surface area contributed by atoms with Gasteiger partial charge < -0.3 is 30.1 Å². The summed E-state index contributed by atoms with van der Waals surface area (Å²) in [5, 5.41) is 15.1. The highest BCUT2D eigenvalue weighted by atomic mass is 32.2. The summed E-state index contributed by atoms with van der Waals surface area (Å²) in [5.41, 5.74) is -0.384. The fourth-order valence-corrected chi connectivity index (χ4v) is 5.31. The molecule has 0 unspecified atom stereocenters. The quantitative estimate of drug-likeness (QED) is 0.375. The molecule has 0 saturated heterocycles. The van der Waals surface area contributed by atoms with E-state index in [1.54, 1.807) is 19.1 Å². The Balaban J connectivity index is 1.92. The Morgan fingerprint density at radius 2 is 1.74 bits per heavy atom. The third kappa shape index (κ3) is 10.6. The molecule has 2 aromatic carbocycles. The van der Waals surface area contributed by atoms with Gasteiger partial charge in [0.2, 0.25) is 10.0 Å². The number of aliphatic hydroxyl groups excluding tert-OH is 1. The summed E-state index contributed by atoms with van der Waals surface area (Å²) in [6.45, 7) is 5.62. The lowest BCUT2D eigenvalue weighted by Gasteiger charge is -2.35. The van der Waals surface area contributed by atoms with Crippen molar-refractivity contribution < 1.29 is 45.8 Å². The van der Waals surface area contributed by atoms with Crippen LogP contribution in [0.3, 0.4) is 0 Å². The summed E-state index contributed by atoms with van der Waals surface area (Å²) in [6.07, 6.45) is -2.12. The standard InChI is InChI=1S/C31H43F3N4O7S/c1-20-17-38(21(2)19-39)29(40)26-16-25(36-30(41)35-24-11-9-23(10-12-24)31(32,33)34)13-14-27(26)45-22(3)8-6-7-15-44-28(20)18-37(4)46(5,42)43/h9-14,16,20-22,28,39H,6-8,15,17-19H2,1-5H3,(H2,35,36,41)/t20-,21-,22+,28+/m0/s1. The van der Waals surface area contributed by atoms with E-state index in [0.717, 1.165) is 36.9 Å². The van der Waals surface area contributed by atoms with Crippen molar-refractivity contribution >= 4 is 33.3 Å². The zero-order valence-corrected chi connectivity index (χ0v) is 27.5. The van der Waals surface area contributed by atoms with Crippen LogP contribution in [0.1, 0.15) is 56.0 Å². The van der Waals surface area contributed by atoms with Gasteiger partial charge in [0, 0.05) is 44.0 Å². The van der Waals surface area contributed by atoms with E-state index in [9.17, 15) is 36.3 Å². The molecule has 11 nitrogen and oxygen atoms in total. The molecule has 46 heavy (non-hydrogen) atoms. The fraction of sp³-hybridized carbons (Fsp3) is 0.548. The molecule has 256 valence electrons. The van der Waals surface area contributed by atoms with E-state index in [-0.39, 0.29) is 54.4 Å². The van der Waals surface area contributed by atoms with E-state index in [4.69, 9.17) is 9.47 Å². The lowest BCUT2D eigenvalue weighted by atomic mass is 10.0. The number of nitrogens with zero attached hydrogens (tertiary/aromatic N) is 2. The first-order valence-corrected chi connectivity index (χ1v) is 16.8. The van der Waals surface area contributed by atoms with E-state index >= 15 is 0 Å². The van der Waals surface area contributed by atoms with Gasteiger partial charge in [0.25, 0.3) is 5.91 Å². The first-order valence-electron chi connectivity index (χ1n) is 15.0. The van der Waals surface area contributed by atoms with Crippen LogP contribution >= 0.6 is 0 Å². The number of carbonyl (C=O) groups is 2. The number of anilines is 2. The Hall–Kier alpha value is -3.40. The SMILES string of the molecule is C[C@@H]1CCCCO[C@H](CN(C)S(C)(=O)=O)[C@@H](C)CN([C@@H](C)CO)C(=O)c2cc(NC(=O)Nc3ccc(C(F)(F)F)cc3)ccc2O1. The van der Waals surface area contributed by atoms with Crippen LogP contribution in [0.5, 0.6) is 5.75 Å². The highest BCUT2D eigenvalue weighted by molar-refractivity contribution is 7.88. The normalized spacial score (nSPS) is 21.1. The zero-order valence-electron chi connectivity index (χ0n) is 26.6. The molecule has 0 bridgehead atoms. The number of likely N-dealkylation sites (N-methyl/N-ethyl adjacent to an activating group) is 1. The highest BCUT2D eigenvalue weighted by Gasteiger charge is 2.32. The largest absolute Gasteiger partial charge is 0.490 e. The van der Waals surface area contributed by atoms with Gasteiger partial charge in [-0.25, -0.2) is 17.5 Å². The van der Waals surface area contributed by atoms with Crippen molar-refractivity contribution in [2.75, 3.05) is 50.2 Å². The van der Waals surface area contributed by atoms with Crippen LogP contribution in [0.2, 0.25) is 0 Å². The molecule has 4 atom stereocenters. The molecule has 0 aromatic heterocycles. The van der Waals surface area contributed by atoms with Crippen molar-refractivity contribution in [3.05, 3.63) is 53.6 Å². The topological polar surface area (TPSA) is 138 Å². The van der Waals surface area contributed by atoms with E-state index < -0.39 is 45.8 Å². The highest BCUT2D eigenvalue weighted by Crippen LogP contribution is 2.31. The molecule has 3 rings (SSSR count). The van der Waals surface area contributed by atoms with Gasteiger partial charge in [-0.05, 0) is 75.6 Å². The third-order valence-corrected chi connectivity index (χ3v) is 9.06. The Morgan fingerprint density at radius 3 is 2.35 bits per heavy atom. The third-order valence-electron chi connectivity index (χ3n) is 7.78. The summed E-state index contributed by atoms with van der Waals surface area (Å²) >= 11 is 0. The van der Waals surface area contributed by atoms with Gasteiger partial charge in [0.1, 0.15) is 5.75 Å². The number of urea groups is 1. The van der Waals surface area contributed by atoms with Gasteiger partial charge in [0.15, 0.2) is 0 Å². The first-order chi connectivity index (χ1) is 21.5. The lowest BCUT2D eigenvalue weighted by Crippen LogP contribution is -2.47. The molecule has 3 amide bonds. The molecule has 1 aliphatic heterocycles. The van der Waals surface area contributed by atoms with E-state index in [1.807, 2.05) is 13.8 Å². The number of aliphatic hydroxyl groups is 1. The Morgan fingerprint density at radius 1 is 1.11 bits per heavy atom. The van der Waals surface area contributed by atoms with Crippen molar-refractivity contribution in [2.45, 2.75) is 64.5 Å². The maximum absolute atomic E-state index is 14.2. The van der Waals surface area contributed by atoms with Crippen molar-refractivity contribution in [2.24, 2.45) is 5.92 Å². The monoisotopic (exact) mass is 672 g/mol. The van der Waals surface area contributed by atoms with Gasteiger partial charge in [0.05, 0.1) is 42.2 Å². The molecule has 1 heterocycles. The van der Waals surface area contributed by atoms with Crippen LogP contribution in [0.15, 0.2) is 42.5 Å². The van der Waals surface area contributed by atoms with Crippen LogP contribution in [0.25, 0.3) is 0 Å². The summed E-state index contributed by atoms with van der Waals surface area (Å²) < 4.78 is 76.5. The molecule has 0 radical (unpaired) electrons. The molecule has 0 saturated carbocycles. The second-order valence-corrected chi connectivity index (χ2v) is 13.8. The summed E-state index contributed by atoms with van der Waals surface area (Å²) in [7, 11) is -2.02. The van der Waals surface area contributed by atoms with Crippen LogP contribution in [-0.2, 0) is 20.9 Å². The molecular formula is C31H43F3N4O7S. The van der Waals surface area contributed by atoms with Crippen molar-refractivity contribution in [3.63, 3.8) is 0 Å². The van der Waals surface area contributed by atoms with Crippen molar-refractivity contribution in [3.8, 4) is 5.75 Å². The number of hydrogen-bond donors (Lipinski definition) is 3. The van der Waals surface area contributed by atoms with Crippen LogP contribution in [0.4, 0.5) is 29.3 Å². The maximum atomic E-state index is 14.2. The van der Waals surface area contributed by atoms with Gasteiger partial charge in [-0.1, -0.05) is 6.92 Å². The second kappa shape index (κ2) is 15.9. The van der Waals surface area contributed by atoms with E-state index in [1.165, 1.54) is 22.3 Å². The smallest absolute Gasteiger partial charge is 0.416 e. The second-order valence-electron chi connectivity index (χ2n) is 11.7. The number of carbonyl (C=O) groups excluding carboxylic acids is 2. The van der Waals surface area contributed by atoms with Crippen LogP contribution < -0.4 is 15.4 Å². The summed E-state index contributed by atoms with van der Waals surface area (Å²) in [6, 6.07) is 7.12. The summed E-state index contributed by atoms with van der Waals surface area (Å²) in [4.78, 5) is 28.4. The minimum absolute atomic E-state index is 0.0771. The first kappa shape index (κ1) is 37.1. The molecule has 0 aliphatic carbocycles. The molecule has 1 aliphatic rings. The average molecular weight is 673 g/mol. The zero-order chi connectivity index (χ0) is 34.2. The molecule has 0 fully saturated rings. The minimum atomic E-state index is -4.51. The van der Waals surface area contributed by atoms with Crippen molar-refractivity contribution in [1.29, 1.82) is 0 Å². The Bertz CT molecular complexity index is 1440. The van der Waals surface area contributed by atoms with Gasteiger partial charge in [-0.3, -0.25) is 4.79 Å². The van der Waals surface area contributed by atoms with Gasteiger partial charge in [-0.15, -0.1) is 0 Å². The Kier molecular flexibility index (Phi) is 12.8. The number of halogens is 3. The van der Waals surface area contributed by atoms with E-state index in [2.05, 4.69) is 10.6 Å². The maximum Gasteiger partial charge on any atom is 0.416 e. The molecule has 0 spiro atoms. The molecule has 2 aromatic rings. The number of fused-ring (bicyclic) bond motifs is 1. The van der Waals surface area contributed by atoms with Crippen LogP contribution in [0, 0.1) is 5.92 Å². The number of ether oxygens (including phenoxy) is 2. The predicted octanol–water partition coefficient (Wildman–Crippen LogP) is 5.04.